The summed E-state index contributed by atoms with van der Waals surface area (Å²) in [4.78, 5) is 42.1. The zero-order valence-corrected chi connectivity index (χ0v) is 19.9. The van der Waals surface area contributed by atoms with E-state index in [1.165, 1.54) is 16.4 Å². The first kappa shape index (κ1) is 22.9. The number of anilines is 1. The van der Waals surface area contributed by atoms with Gasteiger partial charge in [-0.05, 0) is 48.9 Å². The van der Waals surface area contributed by atoms with Crippen molar-refractivity contribution in [3.63, 3.8) is 0 Å². The second-order valence-corrected chi connectivity index (χ2v) is 10.4. The maximum absolute atomic E-state index is 13.2. The zero-order chi connectivity index (χ0) is 24.7. The second-order valence-electron chi connectivity index (χ2n) is 8.50. The summed E-state index contributed by atoms with van der Waals surface area (Å²) in [5.74, 6) is -1.19. The lowest BCUT2D eigenvalue weighted by molar-refractivity contribution is 0.0697. The number of sulfonamides is 1. The van der Waals surface area contributed by atoms with Crippen LogP contribution in [0.15, 0.2) is 77.7 Å². The number of amides is 3. The summed E-state index contributed by atoms with van der Waals surface area (Å²) in [7, 11) is -3.63. The third-order valence-corrected chi connectivity index (χ3v) is 8.31. The lowest BCUT2D eigenvalue weighted by Crippen LogP contribution is -2.50. The van der Waals surface area contributed by atoms with Crippen molar-refractivity contribution in [1.82, 2.24) is 9.21 Å². The summed E-state index contributed by atoms with van der Waals surface area (Å²) < 4.78 is 27.1. The van der Waals surface area contributed by atoms with E-state index in [2.05, 4.69) is 0 Å². The van der Waals surface area contributed by atoms with Crippen LogP contribution in [0.1, 0.15) is 36.6 Å². The number of benzene rings is 3. The topological polar surface area (TPSA) is 95.1 Å². The van der Waals surface area contributed by atoms with Gasteiger partial charge < -0.3 is 4.90 Å². The fraction of sp³-hybridized carbons (Fsp3) is 0.192. The third-order valence-electron chi connectivity index (χ3n) is 6.40. The second kappa shape index (κ2) is 8.75. The SMILES string of the molecule is Cc1ccccc1N1C(=O)c2ccc(C(=O)N3CCN(S(=O)(=O)c4ccccc4)CC3)cc2C1=O. The summed E-state index contributed by atoms with van der Waals surface area (Å²) in [6.45, 7) is 2.62. The summed E-state index contributed by atoms with van der Waals surface area (Å²) in [6, 6.07) is 19.9. The number of carbonyl (C=O) groups is 3. The van der Waals surface area contributed by atoms with E-state index in [1.807, 2.05) is 19.1 Å². The molecule has 35 heavy (non-hydrogen) atoms. The minimum absolute atomic E-state index is 0.173. The van der Waals surface area contributed by atoms with E-state index in [0.717, 1.165) is 10.5 Å². The molecule has 0 spiro atoms. The van der Waals surface area contributed by atoms with Crippen molar-refractivity contribution in [2.45, 2.75) is 11.8 Å². The molecule has 3 amide bonds. The van der Waals surface area contributed by atoms with Crippen LogP contribution in [-0.2, 0) is 10.0 Å². The largest absolute Gasteiger partial charge is 0.336 e. The van der Waals surface area contributed by atoms with E-state index in [1.54, 1.807) is 53.4 Å². The van der Waals surface area contributed by atoms with Crippen molar-refractivity contribution in [3.8, 4) is 0 Å². The predicted octanol–water partition coefficient (Wildman–Crippen LogP) is 2.94. The molecule has 2 aliphatic rings. The minimum atomic E-state index is -3.63. The lowest BCUT2D eigenvalue weighted by Gasteiger charge is -2.34. The number of aryl methyl sites for hydroxylation is 1. The van der Waals surface area contributed by atoms with Crippen molar-refractivity contribution in [3.05, 3.63) is 95.1 Å². The van der Waals surface area contributed by atoms with Crippen molar-refractivity contribution in [1.29, 1.82) is 0 Å². The molecule has 0 aliphatic carbocycles. The maximum atomic E-state index is 13.2. The first-order valence-electron chi connectivity index (χ1n) is 11.2. The molecule has 0 aromatic heterocycles. The van der Waals surface area contributed by atoms with Crippen molar-refractivity contribution >= 4 is 33.4 Å². The Labute approximate surface area is 203 Å². The van der Waals surface area contributed by atoms with E-state index in [9.17, 15) is 22.8 Å². The Balaban J connectivity index is 1.33. The Morgan fingerprint density at radius 3 is 2.09 bits per heavy atom. The number of hydrogen-bond acceptors (Lipinski definition) is 5. The summed E-state index contributed by atoms with van der Waals surface area (Å²) in [6.07, 6.45) is 0. The molecule has 0 bridgehead atoms. The Morgan fingerprint density at radius 2 is 1.40 bits per heavy atom. The summed E-state index contributed by atoms with van der Waals surface area (Å²) >= 11 is 0. The number of carbonyl (C=O) groups excluding carboxylic acids is 3. The third kappa shape index (κ3) is 3.92. The van der Waals surface area contributed by atoms with E-state index in [-0.39, 0.29) is 53.7 Å². The van der Waals surface area contributed by atoms with Gasteiger partial charge in [0.15, 0.2) is 0 Å². The molecule has 9 heteroatoms. The van der Waals surface area contributed by atoms with Crippen LogP contribution >= 0.6 is 0 Å². The molecule has 0 unspecified atom stereocenters. The van der Waals surface area contributed by atoms with Gasteiger partial charge >= 0.3 is 0 Å². The summed E-state index contributed by atoms with van der Waals surface area (Å²) in [5, 5.41) is 0. The standard InChI is InChI=1S/C26H23N3O5S/c1-18-7-5-6-10-23(18)29-25(31)21-12-11-19(17-22(21)26(29)32)24(30)27-13-15-28(16-14-27)35(33,34)20-8-3-2-4-9-20/h2-12,17H,13-16H2,1H3. The van der Waals surface area contributed by atoms with Gasteiger partial charge in [-0.2, -0.15) is 4.31 Å². The highest BCUT2D eigenvalue weighted by Gasteiger charge is 2.38. The Hall–Kier alpha value is -3.82. The van der Waals surface area contributed by atoms with Crippen LogP contribution in [0.25, 0.3) is 0 Å². The van der Waals surface area contributed by atoms with Gasteiger partial charge in [0.2, 0.25) is 10.0 Å². The van der Waals surface area contributed by atoms with Crippen LogP contribution in [0.2, 0.25) is 0 Å². The molecule has 2 aliphatic heterocycles. The Kier molecular flexibility index (Phi) is 5.74. The Bertz CT molecular complexity index is 1440. The molecular weight excluding hydrogens is 466 g/mol. The molecule has 3 aromatic carbocycles. The summed E-state index contributed by atoms with van der Waals surface area (Å²) in [5.41, 5.74) is 2.04. The fourth-order valence-electron chi connectivity index (χ4n) is 4.46. The maximum Gasteiger partial charge on any atom is 0.266 e. The van der Waals surface area contributed by atoms with E-state index >= 15 is 0 Å². The van der Waals surface area contributed by atoms with Crippen molar-refractivity contribution in [2.75, 3.05) is 31.1 Å². The van der Waals surface area contributed by atoms with E-state index < -0.39 is 21.8 Å². The molecule has 0 saturated carbocycles. The number of piperazine rings is 1. The monoisotopic (exact) mass is 489 g/mol. The number of hydrogen-bond donors (Lipinski definition) is 0. The van der Waals surface area contributed by atoms with E-state index in [0.29, 0.717) is 5.69 Å². The highest BCUT2D eigenvalue weighted by Crippen LogP contribution is 2.31. The van der Waals surface area contributed by atoms with Gasteiger partial charge in [0.05, 0.1) is 21.7 Å². The number of imide groups is 1. The lowest BCUT2D eigenvalue weighted by atomic mass is 10.0. The number of para-hydroxylation sites is 1. The van der Waals surface area contributed by atoms with Crippen LogP contribution in [0, 0.1) is 6.92 Å². The highest BCUT2D eigenvalue weighted by atomic mass is 32.2. The first-order chi connectivity index (χ1) is 16.8. The van der Waals surface area contributed by atoms with Gasteiger partial charge in [-0.3, -0.25) is 14.4 Å². The van der Waals surface area contributed by atoms with Crippen LogP contribution in [0.3, 0.4) is 0 Å². The number of rotatable bonds is 4. The molecule has 5 rings (SSSR count). The molecule has 178 valence electrons. The van der Waals surface area contributed by atoms with E-state index in [4.69, 9.17) is 0 Å². The van der Waals surface area contributed by atoms with Gasteiger partial charge in [-0.1, -0.05) is 36.4 Å². The molecule has 0 N–H and O–H groups in total. The smallest absolute Gasteiger partial charge is 0.266 e. The molecule has 0 atom stereocenters. The highest BCUT2D eigenvalue weighted by molar-refractivity contribution is 7.89. The Morgan fingerprint density at radius 1 is 0.771 bits per heavy atom. The van der Waals surface area contributed by atoms with Crippen LogP contribution < -0.4 is 4.90 Å². The van der Waals surface area contributed by atoms with Gasteiger partial charge in [-0.15, -0.1) is 0 Å². The average molecular weight is 490 g/mol. The normalized spacial score (nSPS) is 16.5. The first-order valence-corrected chi connectivity index (χ1v) is 12.7. The molecule has 0 radical (unpaired) electrons. The molecule has 1 saturated heterocycles. The van der Waals surface area contributed by atoms with Crippen LogP contribution in [0.4, 0.5) is 5.69 Å². The fourth-order valence-corrected chi connectivity index (χ4v) is 5.91. The molecule has 2 heterocycles. The predicted molar refractivity (Wildman–Crippen MR) is 130 cm³/mol. The van der Waals surface area contributed by atoms with Gasteiger partial charge in [0.1, 0.15) is 0 Å². The average Bonchev–Trinajstić information content (AvgIpc) is 3.13. The van der Waals surface area contributed by atoms with Gasteiger partial charge in [0.25, 0.3) is 17.7 Å². The van der Waals surface area contributed by atoms with Crippen LogP contribution in [0.5, 0.6) is 0 Å². The quantitative estimate of drug-likeness (QED) is 0.525. The zero-order valence-electron chi connectivity index (χ0n) is 19.0. The molecule has 8 nitrogen and oxygen atoms in total. The van der Waals surface area contributed by atoms with Crippen molar-refractivity contribution in [2.24, 2.45) is 0 Å². The van der Waals surface area contributed by atoms with Gasteiger partial charge in [0, 0.05) is 31.7 Å². The van der Waals surface area contributed by atoms with Crippen molar-refractivity contribution < 1.29 is 22.8 Å². The van der Waals surface area contributed by atoms with Gasteiger partial charge in [-0.25, -0.2) is 13.3 Å². The molecular formula is C26H23N3O5S. The molecule has 3 aromatic rings. The number of fused-ring (bicyclic) bond motifs is 1. The minimum Gasteiger partial charge on any atom is -0.336 e. The molecule has 1 fully saturated rings. The number of nitrogens with zero attached hydrogens (tertiary/aromatic N) is 3. The van der Waals surface area contributed by atoms with Crippen LogP contribution in [-0.4, -0.2) is 61.5 Å².